The minimum Gasteiger partial charge on any atom is -0.423 e. The summed E-state index contributed by atoms with van der Waals surface area (Å²) in [7, 11) is 0. The van der Waals surface area contributed by atoms with E-state index in [0.29, 0.717) is 17.9 Å². The number of hydrogen-bond donors (Lipinski definition) is 0. The van der Waals surface area contributed by atoms with E-state index in [-0.39, 0.29) is 5.69 Å². The summed E-state index contributed by atoms with van der Waals surface area (Å²) in [5.74, 6) is -0.104. The van der Waals surface area contributed by atoms with Gasteiger partial charge in [-0.15, -0.1) is 0 Å². The van der Waals surface area contributed by atoms with Gasteiger partial charge in [-0.05, 0) is 65.6 Å². The maximum absolute atomic E-state index is 11.9. The Labute approximate surface area is 174 Å². The first kappa shape index (κ1) is 20.7. The smallest absolute Gasteiger partial charge is 0.336 e. The van der Waals surface area contributed by atoms with Gasteiger partial charge < -0.3 is 4.74 Å². The van der Waals surface area contributed by atoms with Crippen molar-refractivity contribution in [2.24, 2.45) is 4.99 Å². The van der Waals surface area contributed by atoms with Crippen molar-refractivity contribution in [1.82, 2.24) is 0 Å². The van der Waals surface area contributed by atoms with Gasteiger partial charge in [0.1, 0.15) is 5.75 Å². The lowest BCUT2D eigenvalue weighted by atomic mass is 10.1. The lowest BCUT2D eigenvalue weighted by Crippen LogP contribution is -2.03. The van der Waals surface area contributed by atoms with E-state index >= 15 is 0 Å². The summed E-state index contributed by atoms with van der Waals surface area (Å²) in [6.45, 7) is 0.703. The third-order valence-electron chi connectivity index (χ3n) is 4.23. The van der Waals surface area contributed by atoms with Gasteiger partial charge in [0.15, 0.2) is 0 Å². The Morgan fingerprint density at radius 2 is 1.60 bits per heavy atom. The zero-order chi connectivity index (χ0) is 21.2. The number of rotatable bonds is 8. The summed E-state index contributed by atoms with van der Waals surface area (Å²) < 4.78 is 5.26. The van der Waals surface area contributed by atoms with E-state index in [1.165, 1.54) is 23.8 Å². The molecule has 30 heavy (non-hydrogen) atoms. The molecule has 0 atom stereocenters. The number of nitrogens with zero attached hydrogens (tertiary/aromatic N) is 2. The Kier molecular flexibility index (Phi) is 7.22. The van der Waals surface area contributed by atoms with E-state index in [4.69, 9.17) is 4.74 Å². The highest BCUT2D eigenvalue weighted by atomic mass is 16.6. The summed E-state index contributed by atoms with van der Waals surface area (Å²) >= 11 is 0. The van der Waals surface area contributed by atoms with Gasteiger partial charge in [0, 0.05) is 31.0 Å². The monoisotopic (exact) mass is 400 g/mol. The number of carbonyl (C=O) groups is 1. The number of nitro benzene ring substituents is 1. The zero-order valence-electron chi connectivity index (χ0n) is 16.2. The number of carbonyl (C=O) groups excluding carboxylic acids is 1. The van der Waals surface area contributed by atoms with Crippen LogP contribution < -0.4 is 4.74 Å². The van der Waals surface area contributed by atoms with Gasteiger partial charge in [0.2, 0.25) is 0 Å². The SMILES string of the molecule is O=C(C=Cc1ccc([N+](=O)[O-])cc1)Oc1ccc(C=NCCc2ccccc2)cc1. The van der Waals surface area contributed by atoms with Crippen molar-refractivity contribution in [1.29, 1.82) is 0 Å². The van der Waals surface area contributed by atoms with Crippen molar-refractivity contribution in [3.05, 3.63) is 112 Å². The minimum absolute atomic E-state index is 0.00146. The average Bonchev–Trinajstić information content (AvgIpc) is 2.77. The zero-order valence-corrected chi connectivity index (χ0v) is 16.2. The number of ether oxygens (including phenoxy) is 1. The van der Waals surface area contributed by atoms with Gasteiger partial charge in [-0.25, -0.2) is 4.79 Å². The maximum atomic E-state index is 11.9. The molecule has 3 aromatic rings. The Morgan fingerprint density at radius 3 is 2.27 bits per heavy atom. The van der Waals surface area contributed by atoms with Crippen LogP contribution in [0.4, 0.5) is 5.69 Å². The molecule has 0 radical (unpaired) electrons. The molecule has 0 bridgehead atoms. The second-order valence-electron chi connectivity index (χ2n) is 6.44. The molecule has 0 N–H and O–H groups in total. The number of non-ortho nitro benzene ring substituents is 1. The summed E-state index contributed by atoms with van der Waals surface area (Å²) in [4.78, 5) is 26.5. The Balaban J connectivity index is 1.47. The molecule has 3 rings (SSSR count). The van der Waals surface area contributed by atoms with Gasteiger partial charge >= 0.3 is 5.97 Å². The van der Waals surface area contributed by atoms with Gasteiger partial charge in [-0.2, -0.15) is 0 Å². The molecular weight excluding hydrogens is 380 g/mol. The Morgan fingerprint density at radius 1 is 0.933 bits per heavy atom. The van der Waals surface area contributed by atoms with Gasteiger partial charge in [-0.3, -0.25) is 15.1 Å². The molecule has 0 fully saturated rings. The molecule has 0 spiro atoms. The minimum atomic E-state index is -0.530. The van der Waals surface area contributed by atoms with Crippen LogP contribution in [-0.4, -0.2) is 23.7 Å². The standard InChI is InChI=1S/C24H20N2O4/c27-24(15-10-20-6-11-22(12-7-20)26(28)29)30-23-13-8-21(9-14-23)18-25-17-16-19-4-2-1-3-5-19/h1-15,18H,16-17H2. The normalized spacial score (nSPS) is 11.1. The maximum Gasteiger partial charge on any atom is 0.336 e. The quantitative estimate of drug-likeness (QED) is 0.135. The third-order valence-corrected chi connectivity index (χ3v) is 4.23. The molecule has 0 aliphatic carbocycles. The molecule has 6 nitrogen and oxygen atoms in total. The molecule has 0 aromatic heterocycles. The van der Waals surface area contributed by atoms with E-state index in [1.807, 2.05) is 30.3 Å². The first-order valence-corrected chi connectivity index (χ1v) is 9.38. The van der Waals surface area contributed by atoms with Gasteiger partial charge in [0.25, 0.3) is 5.69 Å². The molecule has 0 amide bonds. The average molecular weight is 400 g/mol. The van der Waals surface area contributed by atoms with Crippen molar-refractivity contribution in [3.8, 4) is 5.75 Å². The fourth-order valence-corrected chi connectivity index (χ4v) is 2.65. The summed E-state index contributed by atoms with van der Waals surface area (Å²) in [6.07, 6.45) is 5.50. The van der Waals surface area contributed by atoms with Crippen molar-refractivity contribution in [3.63, 3.8) is 0 Å². The van der Waals surface area contributed by atoms with Gasteiger partial charge in [0.05, 0.1) is 4.92 Å². The predicted molar refractivity (Wildman–Crippen MR) is 117 cm³/mol. The molecule has 0 unspecified atom stereocenters. The third kappa shape index (κ3) is 6.53. The van der Waals surface area contributed by atoms with Crippen molar-refractivity contribution < 1.29 is 14.5 Å². The van der Waals surface area contributed by atoms with Crippen molar-refractivity contribution in [2.45, 2.75) is 6.42 Å². The van der Waals surface area contributed by atoms with Crippen LogP contribution in [0, 0.1) is 10.1 Å². The van der Waals surface area contributed by atoms with Crippen LogP contribution in [-0.2, 0) is 11.2 Å². The molecule has 6 heteroatoms. The van der Waals surface area contributed by atoms with E-state index in [2.05, 4.69) is 17.1 Å². The molecule has 0 saturated carbocycles. The molecule has 150 valence electrons. The highest BCUT2D eigenvalue weighted by Crippen LogP contribution is 2.14. The van der Waals surface area contributed by atoms with E-state index in [9.17, 15) is 14.9 Å². The van der Waals surface area contributed by atoms with Crippen molar-refractivity contribution in [2.75, 3.05) is 6.54 Å². The number of aliphatic imine (C=N–C) groups is 1. The van der Waals surface area contributed by atoms with Crippen LogP contribution in [0.15, 0.2) is 89.9 Å². The molecule has 0 saturated heterocycles. The topological polar surface area (TPSA) is 81.8 Å². The molecular formula is C24H20N2O4. The summed E-state index contributed by atoms with van der Waals surface area (Å²) in [6, 6.07) is 23.1. The van der Waals surface area contributed by atoms with Crippen LogP contribution >= 0.6 is 0 Å². The number of benzene rings is 3. The van der Waals surface area contributed by atoms with Crippen LogP contribution in [0.25, 0.3) is 6.08 Å². The lowest BCUT2D eigenvalue weighted by molar-refractivity contribution is -0.384. The predicted octanol–water partition coefficient (Wildman–Crippen LogP) is 4.88. The Bertz CT molecular complexity index is 1040. The number of hydrogen-bond acceptors (Lipinski definition) is 5. The fourth-order valence-electron chi connectivity index (χ4n) is 2.65. The largest absolute Gasteiger partial charge is 0.423 e. The molecule has 0 aliphatic rings. The van der Waals surface area contributed by atoms with E-state index in [0.717, 1.165) is 12.0 Å². The highest BCUT2D eigenvalue weighted by Gasteiger charge is 2.04. The second kappa shape index (κ2) is 10.5. The molecule has 0 heterocycles. The Hall–Kier alpha value is -4.06. The lowest BCUT2D eigenvalue weighted by Gasteiger charge is -2.02. The van der Waals surface area contributed by atoms with Crippen LogP contribution in [0.3, 0.4) is 0 Å². The number of nitro groups is 1. The second-order valence-corrected chi connectivity index (χ2v) is 6.44. The number of esters is 1. The first-order valence-electron chi connectivity index (χ1n) is 9.38. The molecule has 0 aliphatic heterocycles. The highest BCUT2D eigenvalue weighted by molar-refractivity contribution is 5.89. The van der Waals surface area contributed by atoms with Crippen molar-refractivity contribution >= 4 is 23.9 Å². The van der Waals surface area contributed by atoms with Gasteiger partial charge in [-0.1, -0.05) is 30.3 Å². The van der Waals surface area contributed by atoms with E-state index < -0.39 is 10.9 Å². The van der Waals surface area contributed by atoms with Crippen LogP contribution in [0.5, 0.6) is 5.75 Å². The van der Waals surface area contributed by atoms with Crippen LogP contribution in [0.2, 0.25) is 0 Å². The molecule has 3 aromatic carbocycles. The summed E-state index contributed by atoms with van der Waals surface area (Å²) in [5, 5.41) is 10.6. The first-order chi connectivity index (χ1) is 14.6. The van der Waals surface area contributed by atoms with E-state index in [1.54, 1.807) is 36.6 Å². The fraction of sp³-hybridized carbons (Fsp3) is 0.0833. The summed E-state index contributed by atoms with van der Waals surface area (Å²) in [5.41, 5.74) is 2.83. The van der Waals surface area contributed by atoms with Crippen LogP contribution in [0.1, 0.15) is 16.7 Å².